The first kappa shape index (κ1) is 69.0. The minimum Gasteiger partial charge on any atom is -0.200 e. The van der Waals surface area contributed by atoms with Crippen LogP contribution >= 0.6 is 0 Å². The molecule has 0 amide bonds. The molecule has 5 aromatic heterocycles. The molecule has 578 valence electrons. The molecule has 15 rings (SSSR count). The molecule has 0 saturated heterocycles. The van der Waals surface area contributed by atoms with Crippen LogP contribution in [0.5, 0.6) is 0 Å². The Morgan fingerprint density at radius 3 is 0.894 bits per heavy atom. The van der Waals surface area contributed by atoms with Crippen molar-refractivity contribution < 1.29 is 37.9 Å². The summed E-state index contributed by atoms with van der Waals surface area (Å²) in [6, 6.07) is 65.6. The molecular weight excluding hydrogens is 1370 g/mol. The van der Waals surface area contributed by atoms with Crippen molar-refractivity contribution in [3.05, 3.63) is 325 Å². The van der Waals surface area contributed by atoms with Gasteiger partial charge in [0, 0.05) is 45.4 Å². The van der Waals surface area contributed by atoms with Crippen molar-refractivity contribution in [1.82, 2.24) is 0 Å². The highest BCUT2D eigenvalue weighted by atomic mass is 14.9. The van der Waals surface area contributed by atoms with Crippen LogP contribution in [-0.4, -0.2) is 0 Å². The van der Waals surface area contributed by atoms with E-state index in [1.807, 2.05) is 114 Å². The van der Waals surface area contributed by atoms with E-state index in [0.29, 0.717) is 34.1 Å². The van der Waals surface area contributed by atoms with Crippen molar-refractivity contribution in [2.45, 2.75) is 183 Å². The molecule has 0 aliphatic rings. The number of benzene rings is 10. The number of fused-ring (bicyclic) bond motifs is 5. The van der Waals surface area contributed by atoms with Crippen molar-refractivity contribution in [3.8, 4) is 56.3 Å². The Balaban J connectivity index is 0.000000152. The molecule has 5 nitrogen and oxygen atoms in total. The first-order valence-corrected chi connectivity index (χ1v) is 39.9. The molecule has 5 heterocycles. The smallest absolute Gasteiger partial charge is 0.200 e. The Bertz CT molecular complexity index is 6590. The highest BCUT2D eigenvalue weighted by molar-refractivity contribution is 5.98. The highest BCUT2D eigenvalue weighted by Crippen LogP contribution is 2.38. The lowest BCUT2D eigenvalue weighted by atomic mass is 9.93. The van der Waals surface area contributed by atoms with Gasteiger partial charge in [0.05, 0.1) is 54.7 Å². The molecule has 0 saturated carbocycles. The summed E-state index contributed by atoms with van der Waals surface area (Å²) in [7, 11) is 10.3. The van der Waals surface area contributed by atoms with E-state index in [9.17, 15) is 0 Å². The van der Waals surface area contributed by atoms with Crippen LogP contribution in [0.25, 0.3) is 110 Å². The van der Waals surface area contributed by atoms with Crippen LogP contribution in [0.3, 0.4) is 0 Å². The minimum atomic E-state index is -2.45. The molecule has 1 atom stereocenters. The summed E-state index contributed by atoms with van der Waals surface area (Å²) in [5.41, 5.74) is 31.9. The number of nitrogens with zero attached hydrogens (tertiary/aromatic N) is 5. The number of hydrogen-bond acceptors (Lipinski definition) is 0. The maximum atomic E-state index is 8.38. The largest absolute Gasteiger partial charge is 0.220 e. The number of hydrogen-bond donors (Lipinski definition) is 0. The van der Waals surface area contributed by atoms with Crippen LogP contribution in [0.2, 0.25) is 0 Å². The molecule has 10 aromatic carbocycles. The van der Waals surface area contributed by atoms with Crippen molar-refractivity contribution >= 4 is 53.9 Å². The molecule has 0 radical (unpaired) electrons. The summed E-state index contributed by atoms with van der Waals surface area (Å²) in [5, 5.41) is 11.7. The summed E-state index contributed by atoms with van der Waals surface area (Å²) in [5.74, 6) is -1.16. The fourth-order valence-corrected chi connectivity index (χ4v) is 16.1. The standard InChI is InChI=1S/C23H28N.3C22H26N.C19H20N/c1-15(2)11-19-7-8-21-20(14-19)9-10-24(6)23(21)22-13-16(3)12-17(4)18(22)5;3*1-14(2)18-7-8-20-19(13-18)9-10-23(6)22(20)21-12-15(3)11-16(4)17(21)5;1-13-11-14(2)15(3)18(12-13)19-17-8-6-5-7-16(17)9-10-20(19)4/h7-10,12-15H,11H2,1-6H3;3*7-14H,1-6H3;5-12H,1-4H3/q5*+1/i;1D3,4D3,14D;4D3,14D;;. The zero-order valence-electron chi connectivity index (χ0n) is 82.9. The van der Waals surface area contributed by atoms with Crippen LogP contribution < -0.4 is 22.8 Å². The van der Waals surface area contributed by atoms with Gasteiger partial charge in [0.25, 0.3) is 0 Å². The summed E-state index contributed by atoms with van der Waals surface area (Å²) >= 11 is 0. The summed E-state index contributed by atoms with van der Waals surface area (Å²) < 4.78 is 97.9. The third-order valence-electron chi connectivity index (χ3n) is 22.8. The fourth-order valence-electron chi connectivity index (χ4n) is 16.1. The van der Waals surface area contributed by atoms with Gasteiger partial charge in [-0.05, 0) is 299 Å². The predicted molar refractivity (Wildman–Crippen MR) is 485 cm³/mol. The molecule has 0 N–H and O–H groups in total. The van der Waals surface area contributed by atoms with E-state index in [0.717, 1.165) is 72.7 Å². The molecular formula is C108H126N5+5. The summed E-state index contributed by atoms with van der Waals surface area (Å²) in [6.07, 6.45) is 11.5. The van der Waals surface area contributed by atoms with E-state index in [2.05, 4.69) is 271 Å². The summed E-state index contributed by atoms with van der Waals surface area (Å²) in [4.78, 5) is 0. The Labute approximate surface area is 693 Å². The number of aryl methyl sites for hydroxylation is 15. The topological polar surface area (TPSA) is 19.4 Å². The van der Waals surface area contributed by atoms with Crippen molar-refractivity contribution in [2.75, 3.05) is 0 Å². The monoisotopic (exact) mass is 1500 g/mol. The van der Waals surface area contributed by atoms with Gasteiger partial charge in [-0.3, -0.25) is 0 Å². The predicted octanol–water partition coefficient (Wildman–Crippen LogP) is 25.9. The maximum Gasteiger partial charge on any atom is 0.220 e. The average Bonchev–Trinajstić information content (AvgIpc) is 0.741. The van der Waals surface area contributed by atoms with Crippen molar-refractivity contribution in [3.63, 3.8) is 0 Å². The van der Waals surface area contributed by atoms with E-state index < -0.39 is 32.3 Å². The van der Waals surface area contributed by atoms with E-state index in [4.69, 9.17) is 15.1 Å². The molecule has 5 heteroatoms. The van der Waals surface area contributed by atoms with E-state index >= 15 is 0 Å². The van der Waals surface area contributed by atoms with Crippen LogP contribution in [-0.2, 0) is 41.7 Å². The lowest BCUT2D eigenvalue weighted by Gasteiger charge is -2.12. The molecule has 113 heavy (non-hydrogen) atoms. The lowest BCUT2D eigenvalue weighted by Crippen LogP contribution is -2.30. The van der Waals surface area contributed by atoms with Gasteiger partial charge in [-0.15, -0.1) is 0 Å². The van der Waals surface area contributed by atoms with E-state index in [1.165, 1.54) is 134 Å². The second kappa shape index (κ2) is 35.1. The SMILES string of the molecule is Cc1cc(C)c(C)c(-c2c3ccc(C(C)C)cc3cc[n+]2C)c1.Cc1cc(C)c(C)c(-c2c3ccc(CC(C)C)cc3cc[n+]2C)c1.Cc1cc(C)c(C)c(-c2c3ccccc3cc[n+]2C)c1.[2H]C([2H])([2H])c1cc(C)cc(-c2c3ccc(C([2H])(C)C([2H])([2H])[2H])cc3cc[n+]2C)c1C.[2H]C([2H])([2H])c1cc(C)cc(-c2c3ccc(C([2H])(C)C)cc3cc[n+]2C)c1C. The fraction of sp³-hybridized carbons (Fsp3) is 0.306. The van der Waals surface area contributed by atoms with Gasteiger partial charge >= 0.3 is 0 Å². The van der Waals surface area contributed by atoms with Gasteiger partial charge in [0.1, 0.15) is 35.2 Å². The third kappa shape index (κ3) is 18.3. The Morgan fingerprint density at radius 2 is 0.566 bits per heavy atom. The van der Waals surface area contributed by atoms with E-state index in [1.54, 1.807) is 24.3 Å². The zero-order valence-corrected chi connectivity index (χ0v) is 71.9. The molecule has 0 fully saturated rings. The highest BCUT2D eigenvalue weighted by Gasteiger charge is 2.25. The maximum absolute atomic E-state index is 8.38. The molecule has 0 spiro atoms. The number of aromatic nitrogens is 5. The van der Waals surface area contributed by atoms with Crippen LogP contribution in [0.4, 0.5) is 0 Å². The Kier molecular flexibility index (Phi) is 21.4. The molecule has 0 bridgehead atoms. The second-order valence-corrected chi connectivity index (χ2v) is 32.9. The quantitative estimate of drug-likeness (QED) is 0.122. The van der Waals surface area contributed by atoms with Crippen LogP contribution in [0.15, 0.2) is 219 Å². The van der Waals surface area contributed by atoms with Crippen molar-refractivity contribution in [1.29, 1.82) is 0 Å². The van der Waals surface area contributed by atoms with Crippen LogP contribution in [0, 0.1) is 110 Å². The third-order valence-corrected chi connectivity index (χ3v) is 22.8. The molecule has 1 unspecified atom stereocenters. The van der Waals surface area contributed by atoms with Crippen LogP contribution in [0.1, 0.15) is 194 Å². The van der Waals surface area contributed by atoms with Gasteiger partial charge in [-0.25, -0.2) is 22.8 Å². The lowest BCUT2D eigenvalue weighted by molar-refractivity contribution is -0.659. The first-order valence-electron chi connectivity index (χ1n) is 45.4. The summed E-state index contributed by atoms with van der Waals surface area (Å²) in [6.45, 7) is 34.7. The van der Waals surface area contributed by atoms with Gasteiger partial charge in [0.15, 0.2) is 31.0 Å². The number of rotatable bonds is 10. The molecule has 0 aliphatic carbocycles. The average molecular weight is 1510 g/mol. The van der Waals surface area contributed by atoms with Gasteiger partial charge in [-0.2, -0.15) is 0 Å². The molecule has 0 aliphatic heterocycles. The van der Waals surface area contributed by atoms with Gasteiger partial charge < -0.3 is 0 Å². The van der Waals surface area contributed by atoms with Gasteiger partial charge in [-0.1, -0.05) is 180 Å². The number of pyridine rings is 5. The minimum absolute atomic E-state index is 0.326. The Hall–Kier alpha value is -10.8. The normalized spacial score (nSPS) is 13.7. The zero-order chi connectivity index (χ0) is 91.2. The van der Waals surface area contributed by atoms with Gasteiger partial charge in [0.2, 0.25) is 28.5 Å². The first-order chi connectivity index (χ1) is 57.9. The van der Waals surface area contributed by atoms with Crippen molar-refractivity contribution in [2.24, 2.45) is 41.2 Å². The molecule has 15 aromatic rings. The van der Waals surface area contributed by atoms with E-state index in [-0.39, 0.29) is 0 Å². The second-order valence-electron chi connectivity index (χ2n) is 32.9. The Morgan fingerprint density at radius 1 is 0.283 bits per heavy atom.